The lowest BCUT2D eigenvalue weighted by Gasteiger charge is -2.38. The molecule has 1 aromatic carbocycles. The van der Waals surface area contributed by atoms with Gasteiger partial charge in [0.1, 0.15) is 14.2 Å². The molecule has 0 aliphatic heterocycles. The number of hydrogen-bond acceptors (Lipinski definition) is 1. The highest BCUT2D eigenvalue weighted by molar-refractivity contribution is 6.87. The van der Waals surface area contributed by atoms with Gasteiger partial charge >= 0.3 is 0 Å². The molecule has 1 rings (SSSR count). The second kappa shape index (κ2) is 8.18. The zero-order chi connectivity index (χ0) is 20.2. The van der Waals surface area contributed by atoms with E-state index >= 15 is 0 Å². The van der Waals surface area contributed by atoms with E-state index in [4.69, 9.17) is 4.43 Å². The first-order valence-corrected chi connectivity index (χ1v) is 15.3. The highest BCUT2D eigenvalue weighted by atomic mass is 28.4. The van der Waals surface area contributed by atoms with E-state index in [1.807, 2.05) is 18.2 Å². The van der Waals surface area contributed by atoms with E-state index in [9.17, 15) is 0 Å². The molecular formula is C23H36OSi2. The van der Waals surface area contributed by atoms with E-state index in [0.717, 1.165) is 5.56 Å². The average Bonchev–Trinajstić information content (AvgIpc) is 2.48. The van der Waals surface area contributed by atoms with Crippen LogP contribution in [0.1, 0.15) is 53.2 Å². The van der Waals surface area contributed by atoms with E-state index in [1.165, 1.54) is 0 Å². The van der Waals surface area contributed by atoms with Gasteiger partial charge in [-0.15, -0.1) is 5.54 Å². The quantitative estimate of drug-likeness (QED) is 0.411. The molecule has 0 amide bonds. The third kappa shape index (κ3) is 6.17. The Morgan fingerprint density at radius 2 is 1.35 bits per heavy atom. The monoisotopic (exact) mass is 384 g/mol. The van der Waals surface area contributed by atoms with Gasteiger partial charge in [0.2, 0.25) is 0 Å². The van der Waals surface area contributed by atoms with Crippen molar-refractivity contribution in [2.45, 2.75) is 83.9 Å². The predicted molar refractivity (Wildman–Crippen MR) is 120 cm³/mol. The van der Waals surface area contributed by atoms with Crippen LogP contribution in [0.2, 0.25) is 36.3 Å². The Labute approximate surface area is 164 Å². The van der Waals surface area contributed by atoms with Crippen LogP contribution in [0.25, 0.3) is 0 Å². The van der Waals surface area contributed by atoms with Crippen LogP contribution < -0.4 is 0 Å². The van der Waals surface area contributed by atoms with Crippen LogP contribution in [0.15, 0.2) is 30.3 Å². The van der Waals surface area contributed by atoms with Gasteiger partial charge in [0.15, 0.2) is 8.32 Å². The van der Waals surface area contributed by atoms with Gasteiger partial charge in [-0.25, -0.2) is 0 Å². The van der Waals surface area contributed by atoms with Gasteiger partial charge < -0.3 is 4.43 Å². The largest absolute Gasteiger partial charge is 0.399 e. The van der Waals surface area contributed by atoms with Gasteiger partial charge in [-0.1, -0.05) is 90.9 Å². The zero-order valence-corrected chi connectivity index (χ0v) is 20.4. The smallest absolute Gasteiger partial charge is 0.194 e. The third-order valence-electron chi connectivity index (χ3n) is 5.84. The van der Waals surface area contributed by atoms with Crippen LogP contribution in [0.5, 0.6) is 0 Å². The summed E-state index contributed by atoms with van der Waals surface area (Å²) in [5.41, 5.74) is 4.58. The highest BCUT2D eigenvalue weighted by Gasteiger charge is 2.39. The van der Waals surface area contributed by atoms with Gasteiger partial charge in [0, 0.05) is 0 Å². The van der Waals surface area contributed by atoms with E-state index in [-0.39, 0.29) is 16.2 Å². The Bertz CT molecular complexity index is 711. The average molecular weight is 385 g/mol. The van der Waals surface area contributed by atoms with Gasteiger partial charge in [-0.2, -0.15) is 0 Å². The molecule has 26 heavy (non-hydrogen) atoms. The summed E-state index contributed by atoms with van der Waals surface area (Å²) in [6, 6.07) is 10.3. The minimum atomic E-state index is -1.92. The Hall–Kier alpha value is -1.27. The fourth-order valence-electron chi connectivity index (χ4n) is 1.76. The molecular weight excluding hydrogens is 348 g/mol. The van der Waals surface area contributed by atoms with Crippen LogP contribution in [0, 0.1) is 23.3 Å². The van der Waals surface area contributed by atoms with Crippen LogP contribution in [0.3, 0.4) is 0 Å². The Kier molecular flexibility index (Phi) is 7.16. The summed E-state index contributed by atoms with van der Waals surface area (Å²) in [5.74, 6) is 9.55. The van der Waals surface area contributed by atoms with Crippen molar-refractivity contribution in [3.05, 3.63) is 35.9 Å². The summed E-state index contributed by atoms with van der Waals surface area (Å²) < 4.78 is 6.60. The lowest BCUT2D eigenvalue weighted by atomic mass is 10.1. The number of hydrogen-bond donors (Lipinski definition) is 0. The summed E-state index contributed by atoms with van der Waals surface area (Å²) in [5, 5.41) is 0.396. The molecule has 0 aliphatic carbocycles. The van der Waals surface area contributed by atoms with Crippen molar-refractivity contribution in [1.82, 2.24) is 0 Å². The molecule has 1 aromatic rings. The van der Waals surface area contributed by atoms with Crippen molar-refractivity contribution in [2.75, 3.05) is 0 Å². The van der Waals surface area contributed by atoms with Crippen molar-refractivity contribution in [3.8, 4) is 23.3 Å². The molecule has 142 valence electrons. The molecule has 0 saturated carbocycles. The molecule has 1 unspecified atom stereocenters. The first-order chi connectivity index (χ1) is 11.7. The second-order valence-electron chi connectivity index (χ2n) is 10.1. The zero-order valence-electron chi connectivity index (χ0n) is 18.4. The number of rotatable bonds is 3. The highest BCUT2D eigenvalue weighted by Crippen LogP contribution is 2.39. The van der Waals surface area contributed by atoms with Crippen molar-refractivity contribution < 1.29 is 4.43 Å². The van der Waals surface area contributed by atoms with E-state index in [0.29, 0.717) is 0 Å². The minimum Gasteiger partial charge on any atom is -0.399 e. The van der Waals surface area contributed by atoms with E-state index in [1.54, 1.807) is 0 Å². The SMILES string of the molecule is CC(C)(C)[Si](C)(C)C#CC#CC(O[Si](C)(C)C(C)(C)C)c1ccccc1. The molecule has 0 aromatic heterocycles. The fraction of sp³-hybridized carbons (Fsp3) is 0.565. The summed E-state index contributed by atoms with van der Waals surface area (Å²) in [4.78, 5) is 0. The first-order valence-electron chi connectivity index (χ1n) is 9.43. The maximum atomic E-state index is 6.60. The molecule has 0 heterocycles. The molecule has 1 atom stereocenters. The van der Waals surface area contributed by atoms with Crippen LogP contribution in [0.4, 0.5) is 0 Å². The molecule has 0 aliphatic rings. The maximum absolute atomic E-state index is 6.60. The maximum Gasteiger partial charge on any atom is 0.194 e. The Morgan fingerprint density at radius 3 is 1.81 bits per heavy atom. The lowest BCUT2D eigenvalue weighted by molar-refractivity contribution is 0.238. The summed E-state index contributed by atoms with van der Waals surface area (Å²) in [6.45, 7) is 22.7. The van der Waals surface area contributed by atoms with E-state index in [2.05, 4.69) is 103 Å². The van der Waals surface area contributed by atoms with Crippen LogP contribution in [-0.2, 0) is 4.43 Å². The summed E-state index contributed by atoms with van der Waals surface area (Å²) >= 11 is 0. The van der Waals surface area contributed by atoms with Crippen molar-refractivity contribution in [3.63, 3.8) is 0 Å². The molecule has 0 saturated heterocycles. The standard InChI is InChI=1S/C23H36OSi2/c1-22(2,3)25(7,8)19-15-14-18-21(20-16-12-11-13-17-20)24-26(9,10)23(4,5)6/h11-13,16-17,21H,1-10H3. The number of benzene rings is 1. The summed E-state index contributed by atoms with van der Waals surface area (Å²) in [7, 11) is -3.55. The third-order valence-corrected chi connectivity index (χ3v) is 14.8. The van der Waals surface area contributed by atoms with Crippen LogP contribution >= 0.6 is 0 Å². The summed E-state index contributed by atoms with van der Waals surface area (Å²) in [6.07, 6.45) is -0.217. The second-order valence-corrected chi connectivity index (χ2v) is 19.8. The van der Waals surface area contributed by atoms with Crippen molar-refractivity contribution in [1.29, 1.82) is 0 Å². The molecule has 0 N–H and O–H groups in total. The topological polar surface area (TPSA) is 9.23 Å². The minimum absolute atomic E-state index is 0.147. The van der Waals surface area contributed by atoms with Gasteiger partial charge in [-0.05, 0) is 40.6 Å². The fourth-order valence-corrected chi connectivity index (χ4v) is 3.64. The van der Waals surface area contributed by atoms with Gasteiger partial charge in [0.25, 0.3) is 0 Å². The molecule has 0 spiro atoms. The molecule has 0 fully saturated rings. The van der Waals surface area contributed by atoms with E-state index < -0.39 is 16.4 Å². The molecule has 3 heteroatoms. The van der Waals surface area contributed by atoms with Crippen LogP contribution in [-0.4, -0.2) is 16.4 Å². The Balaban J connectivity index is 3.16. The van der Waals surface area contributed by atoms with Gasteiger partial charge in [-0.3, -0.25) is 0 Å². The van der Waals surface area contributed by atoms with Crippen molar-refractivity contribution in [2.24, 2.45) is 0 Å². The van der Waals surface area contributed by atoms with Gasteiger partial charge in [0.05, 0.1) is 0 Å². The predicted octanol–water partition coefficient (Wildman–Crippen LogP) is 6.80. The lowest BCUT2D eigenvalue weighted by Crippen LogP contribution is -2.41. The Morgan fingerprint density at radius 1 is 0.808 bits per heavy atom. The normalized spacial score (nSPS) is 13.9. The first kappa shape index (κ1) is 22.8. The molecule has 0 radical (unpaired) electrons. The van der Waals surface area contributed by atoms with Crippen molar-refractivity contribution >= 4 is 16.4 Å². The molecule has 0 bridgehead atoms. The molecule has 1 nitrogen and oxygen atoms in total.